The summed E-state index contributed by atoms with van der Waals surface area (Å²) in [5.74, 6) is 0.810. The Morgan fingerprint density at radius 3 is 1.83 bits per heavy atom. The predicted octanol–water partition coefficient (Wildman–Crippen LogP) is 4.89. The molecule has 0 atom stereocenters. The highest BCUT2D eigenvalue weighted by molar-refractivity contribution is 9.10. The van der Waals surface area contributed by atoms with E-state index in [1.165, 1.54) is 0 Å². The Kier molecular flexibility index (Phi) is 5.99. The fourth-order valence-electron chi connectivity index (χ4n) is 4.14. The SMILES string of the molecule is Cc1cc(Br)cc(C2N(Cc3ccccc3O)CCN2Cc2ccccc2O)c1O. The van der Waals surface area contributed by atoms with Crippen molar-refractivity contribution in [1.29, 1.82) is 0 Å². The van der Waals surface area contributed by atoms with E-state index in [2.05, 4.69) is 25.7 Å². The monoisotopic (exact) mass is 468 g/mol. The van der Waals surface area contributed by atoms with Crippen LogP contribution in [0.4, 0.5) is 0 Å². The average molecular weight is 469 g/mol. The molecule has 3 aromatic carbocycles. The van der Waals surface area contributed by atoms with E-state index in [4.69, 9.17) is 0 Å². The van der Waals surface area contributed by atoms with E-state index in [1.54, 1.807) is 12.1 Å². The van der Waals surface area contributed by atoms with Gasteiger partial charge in [-0.1, -0.05) is 52.3 Å². The zero-order valence-electron chi connectivity index (χ0n) is 16.8. The van der Waals surface area contributed by atoms with Gasteiger partial charge in [0, 0.05) is 47.3 Å². The van der Waals surface area contributed by atoms with Crippen molar-refractivity contribution in [2.75, 3.05) is 13.1 Å². The maximum Gasteiger partial charge on any atom is 0.124 e. The molecule has 0 saturated carbocycles. The fraction of sp³-hybridized carbons (Fsp3) is 0.250. The van der Waals surface area contributed by atoms with E-state index in [0.717, 1.165) is 39.8 Å². The summed E-state index contributed by atoms with van der Waals surface area (Å²) >= 11 is 3.56. The Labute approximate surface area is 184 Å². The van der Waals surface area contributed by atoms with Gasteiger partial charge < -0.3 is 15.3 Å². The van der Waals surface area contributed by atoms with Crippen molar-refractivity contribution in [2.24, 2.45) is 0 Å². The second-order valence-electron chi connectivity index (χ2n) is 7.73. The number of hydrogen-bond acceptors (Lipinski definition) is 5. The number of benzene rings is 3. The number of halogens is 1. The van der Waals surface area contributed by atoms with Gasteiger partial charge in [-0.2, -0.15) is 0 Å². The first kappa shape index (κ1) is 20.7. The number of nitrogens with zero attached hydrogens (tertiary/aromatic N) is 2. The number of para-hydroxylation sites is 2. The van der Waals surface area contributed by atoms with E-state index in [1.807, 2.05) is 55.5 Å². The van der Waals surface area contributed by atoms with Crippen molar-refractivity contribution >= 4 is 15.9 Å². The van der Waals surface area contributed by atoms with Gasteiger partial charge in [0.15, 0.2) is 0 Å². The van der Waals surface area contributed by atoms with Gasteiger partial charge in [-0.05, 0) is 36.8 Å². The number of aromatic hydroxyl groups is 3. The van der Waals surface area contributed by atoms with Crippen LogP contribution in [0, 0.1) is 6.92 Å². The zero-order valence-corrected chi connectivity index (χ0v) is 18.4. The smallest absolute Gasteiger partial charge is 0.124 e. The second-order valence-corrected chi connectivity index (χ2v) is 8.65. The molecule has 30 heavy (non-hydrogen) atoms. The molecule has 4 rings (SSSR count). The lowest BCUT2D eigenvalue weighted by molar-refractivity contribution is 0.121. The number of phenols is 3. The van der Waals surface area contributed by atoms with E-state index in [9.17, 15) is 15.3 Å². The van der Waals surface area contributed by atoms with Gasteiger partial charge in [0.05, 0.1) is 6.17 Å². The van der Waals surface area contributed by atoms with Crippen LogP contribution in [-0.4, -0.2) is 38.2 Å². The molecule has 156 valence electrons. The van der Waals surface area contributed by atoms with E-state index < -0.39 is 0 Å². The molecular formula is C24H25BrN2O3. The van der Waals surface area contributed by atoms with Crippen LogP contribution in [-0.2, 0) is 13.1 Å². The molecule has 1 heterocycles. The minimum Gasteiger partial charge on any atom is -0.508 e. The maximum absolute atomic E-state index is 10.9. The average Bonchev–Trinajstić information content (AvgIpc) is 3.10. The lowest BCUT2D eigenvalue weighted by Gasteiger charge is -2.32. The molecule has 0 spiro atoms. The first-order valence-electron chi connectivity index (χ1n) is 9.95. The molecule has 1 fully saturated rings. The van der Waals surface area contributed by atoms with Crippen LogP contribution in [0.2, 0.25) is 0 Å². The molecule has 6 heteroatoms. The fourth-order valence-corrected chi connectivity index (χ4v) is 4.73. The molecular weight excluding hydrogens is 444 g/mol. The minimum absolute atomic E-state index is 0.194. The van der Waals surface area contributed by atoms with E-state index in [0.29, 0.717) is 13.1 Å². The lowest BCUT2D eigenvalue weighted by Crippen LogP contribution is -2.30. The highest BCUT2D eigenvalue weighted by Crippen LogP contribution is 2.41. The van der Waals surface area contributed by atoms with Crippen molar-refractivity contribution in [1.82, 2.24) is 9.80 Å². The summed E-state index contributed by atoms with van der Waals surface area (Å²) in [4.78, 5) is 4.49. The van der Waals surface area contributed by atoms with Gasteiger partial charge in [0.1, 0.15) is 17.2 Å². The van der Waals surface area contributed by atoms with Gasteiger partial charge in [-0.3, -0.25) is 9.80 Å². The Bertz CT molecular complexity index is 1000. The molecule has 0 radical (unpaired) electrons. The van der Waals surface area contributed by atoms with Gasteiger partial charge >= 0.3 is 0 Å². The zero-order chi connectivity index (χ0) is 21.3. The summed E-state index contributed by atoms with van der Waals surface area (Å²) in [7, 11) is 0. The van der Waals surface area contributed by atoms with Crippen molar-refractivity contribution < 1.29 is 15.3 Å². The lowest BCUT2D eigenvalue weighted by atomic mass is 10.0. The first-order valence-corrected chi connectivity index (χ1v) is 10.7. The van der Waals surface area contributed by atoms with Crippen LogP contribution in [0.25, 0.3) is 0 Å². The molecule has 0 bridgehead atoms. The van der Waals surface area contributed by atoms with Crippen molar-refractivity contribution in [3.63, 3.8) is 0 Å². The van der Waals surface area contributed by atoms with Crippen LogP contribution in [0.5, 0.6) is 17.2 Å². The van der Waals surface area contributed by atoms with Crippen LogP contribution in [0.3, 0.4) is 0 Å². The summed E-state index contributed by atoms with van der Waals surface area (Å²) < 4.78 is 0.907. The Morgan fingerprint density at radius 1 is 0.833 bits per heavy atom. The highest BCUT2D eigenvalue weighted by atomic mass is 79.9. The molecule has 1 aliphatic rings. The number of aryl methyl sites for hydroxylation is 1. The molecule has 0 aliphatic carbocycles. The molecule has 0 amide bonds. The van der Waals surface area contributed by atoms with Gasteiger partial charge in [0.25, 0.3) is 0 Å². The molecule has 3 aromatic rings. The summed E-state index contributed by atoms with van der Waals surface area (Å²) in [5.41, 5.74) is 3.30. The molecule has 3 N–H and O–H groups in total. The quantitative estimate of drug-likeness (QED) is 0.497. The Balaban J connectivity index is 1.72. The topological polar surface area (TPSA) is 67.2 Å². The maximum atomic E-state index is 10.9. The Hall–Kier alpha value is -2.54. The van der Waals surface area contributed by atoms with Crippen LogP contribution in [0.15, 0.2) is 65.1 Å². The molecule has 0 aromatic heterocycles. The van der Waals surface area contributed by atoms with Gasteiger partial charge in [-0.15, -0.1) is 0 Å². The molecule has 1 saturated heterocycles. The third-order valence-electron chi connectivity index (χ3n) is 5.67. The van der Waals surface area contributed by atoms with Gasteiger partial charge in [-0.25, -0.2) is 0 Å². The normalized spacial score (nSPS) is 15.7. The standard InChI is InChI=1S/C24H25BrN2O3/c1-16-12-19(25)13-20(23(16)30)24-26(14-17-6-2-4-8-21(17)28)10-11-27(24)15-18-7-3-5-9-22(18)29/h2-9,12-13,24,28-30H,10-11,14-15H2,1H3. The van der Waals surface area contributed by atoms with Crippen LogP contribution >= 0.6 is 15.9 Å². The number of rotatable bonds is 5. The van der Waals surface area contributed by atoms with Crippen LogP contribution < -0.4 is 0 Å². The van der Waals surface area contributed by atoms with E-state index in [-0.39, 0.29) is 23.4 Å². The largest absolute Gasteiger partial charge is 0.508 e. The Morgan fingerprint density at radius 2 is 1.33 bits per heavy atom. The highest BCUT2D eigenvalue weighted by Gasteiger charge is 2.36. The number of hydrogen-bond donors (Lipinski definition) is 3. The third-order valence-corrected chi connectivity index (χ3v) is 6.13. The first-order chi connectivity index (χ1) is 14.4. The summed E-state index contributed by atoms with van der Waals surface area (Å²) in [6, 6.07) is 18.5. The molecule has 5 nitrogen and oxygen atoms in total. The summed E-state index contributed by atoms with van der Waals surface area (Å²) in [6.45, 7) is 4.55. The van der Waals surface area contributed by atoms with E-state index >= 15 is 0 Å². The predicted molar refractivity (Wildman–Crippen MR) is 120 cm³/mol. The summed E-state index contributed by atoms with van der Waals surface area (Å²) in [6.07, 6.45) is -0.194. The third kappa shape index (κ3) is 4.17. The second kappa shape index (κ2) is 8.68. The minimum atomic E-state index is -0.194. The number of phenolic OH excluding ortho intramolecular Hbond substituents is 3. The van der Waals surface area contributed by atoms with Crippen molar-refractivity contribution in [3.8, 4) is 17.2 Å². The van der Waals surface area contributed by atoms with Crippen molar-refractivity contribution in [3.05, 3.63) is 87.4 Å². The van der Waals surface area contributed by atoms with Crippen molar-refractivity contribution in [2.45, 2.75) is 26.2 Å². The summed E-state index contributed by atoms with van der Waals surface area (Å²) in [5, 5.41) is 31.4. The molecule has 1 aliphatic heterocycles. The van der Waals surface area contributed by atoms with Crippen LogP contribution in [0.1, 0.15) is 28.4 Å². The van der Waals surface area contributed by atoms with Gasteiger partial charge in [0.2, 0.25) is 0 Å². The molecule has 0 unspecified atom stereocenters.